The molecule has 1 aliphatic heterocycles. The fourth-order valence-electron chi connectivity index (χ4n) is 4.66. The number of carbonyl (C=O) groups is 2. The van der Waals surface area contributed by atoms with Gasteiger partial charge in [0.2, 0.25) is 11.8 Å². The maximum atomic E-state index is 13.4. The fraction of sp³-hybridized carbons (Fsp3) is 0.500. The second-order valence-electron chi connectivity index (χ2n) is 8.34. The molecule has 1 fully saturated rings. The standard InChI is InChI=1S/C24H31N3O2/c28-22-18-26-16-9-14-21(26)23(27(22)17-15-19-10-5-4-6-11-19)24(29)25-20-12-7-2-1-3-8-13-20/h4-6,9-11,14,16,20,23H,1-3,7-8,12-13,15,17-18H2,(H,25,29)/t23-/m0/s1. The molecule has 2 heterocycles. The van der Waals surface area contributed by atoms with E-state index >= 15 is 0 Å². The van der Waals surface area contributed by atoms with E-state index in [9.17, 15) is 9.59 Å². The van der Waals surface area contributed by atoms with Crippen molar-refractivity contribution < 1.29 is 9.59 Å². The Labute approximate surface area is 173 Å². The fourth-order valence-corrected chi connectivity index (χ4v) is 4.66. The molecule has 1 aromatic carbocycles. The van der Waals surface area contributed by atoms with Crippen LogP contribution in [0.4, 0.5) is 0 Å². The van der Waals surface area contributed by atoms with Crippen molar-refractivity contribution in [3.63, 3.8) is 0 Å². The maximum Gasteiger partial charge on any atom is 0.249 e. The lowest BCUT2D eigenvalue weighted by Gasteiger charge is -2.37. The van der Waals surface area contributed by atoms with Crippen molar-refractivity contribution in [1.82, 2.24) is 14.8 Å². The zero-order valence-electron chi connectivity index (χ0n) is 17.1. The van der Waals surface area contributed by atoms with E-state index in [2.05, 4.69) is 17.4 Å². The smallest absolute Gasteiger partial charge is 0.249 e. The first-order valence-corrected chi connectivity index (χ1v) is 11.0. The van der Waals surface area contributed by atoms with Crippen LogP contribution in [0.1, 0.15) is 62.2 Å². The second kappa shape index (κ2) is 9.29. The van der Waals surface area contributed by atoms with Gasteiger partial charge in [0.25, 0.3) is 0 Å². The van der Waals surface area contributed by atoms with E-state index in [0.29, 0.717) is 13.1 Å². The van der Waals surface area contributed by atoms with Gasteiger partial charge in [0.05, 0.1) is 5.69 Å². The summed E-state index contributed by atoms with van der Waals surface area (Å²) < 4.78 is 1.92. The molecule has 2 amide bonds. The molecule has 5 nitrogen and oxygen atoms in total. The molecule has 154 valence electrons. The highest BCUT2D eigenvalue weighted by Crippen LogP contribution is 2.28. The Bertz CT molecular complexity index is 822. The third-order valence-corrected chi connectivity index (χ3v) is 6.27. The van der Waals surface area contributed by atoms with Crippen LogP contribution < -0.4 is 5.32 Å². The average Bonchev–Trinajstić information content (AvgIpc) is 3.16. The molecule has 0 radical (unpaired) electrons. The average molecular weight is 394 g/mol. The predicted octanol–water partition coefficient (Wildman–Crippen LogP) is 3.84. The van der Waals surface area contributed by atoms with Gasteiger partial charge in [-0.3, -0.25) is 9.59 Å². The molecule has 5 heteroatoms. The number of aromatic nitrogens is 1. The lowest BCUT2D eigenvalue weighted by molar-refractivity contribution is -0.144. The van der Waals surface area contributed by atoms with E-state index in [1.165, 1.54) is 37.7 Å². The largest absolute Gasteiger partial charge is 0.351 e. The minimum absolute atomic E-state index is 0.0162. The number of fused-ring (bicyclic) bond motifs is 1. The minimum atomic E-state index is -0.541. The first kappa shape index (κ1) is 19.7. The molecule has 0 spiro atoms. The predicted molar refractivity (Wildman–Crippen MR) is 113 cm³/mol. The lowest BCUT2D eigenvalue weighted by Crippen LogP contribution is -2.51. The van der Waals surface area contributed by atoms with E-state index in [1.54, 1.807) is 4.90 Å². The maximum absolute atomic E-state index is 13.4. The van der Waals surface area contributed by atoms with Crippen molar-refractivity contribution in [3.05, 3.63) is 59.9 Å². The number of nitrogens with one attached hydrogen (secondary N) is 1. The molecule has 1 N–H and O–H groups in total. The van der Waals surface area contributed by atoms with Crippen molar-refractivity contribution in [2.45, 2.75) is 70.0 Å². The summed E-state index contributed by atoms with van der Waals surface area (Å²) in [6, 6.07) is 13.7. The van der Waals surface area contributed by atoms with Crippen LogP contribution in [0.2, 0.25) is 0 Å². The van der Waals surface area contributed by atoms with Gasteiger partial charge >= 0.3 is 0 Å². The number of amides is 2. The summed E-state index contributed by atoms with van der Waals surface area (Å²) in [5.41, 5.74) is 2.10. The van der Waals surface area contributed by atoms with Crippen molar-refractivity contribution in [1.29, 1.82) is 0 Å². The second-order valence-corrected chi connectivity index (χ2v) is 8.34. The summed E-state index contributed by atoms with van der Waals surface area (Å²) in [7, 11) is 0. The quantitative estimate of drug-likeness (QED) is 0.839. The van der Waals surface area contributed by atoms with Crippen LogP contribution in [0.25, 0.3) is 0 Å². The van der Waals surface area contributed by atoms with Gasteiger partial charge in [-0.15, -0.1) is 0 Å². The van der Waals surface area contributed by atoms with Gasteiger partial charge in [-0.2, -0.15) is 0 Å². The highest BCUT2D eigenvalue weighted by molar-refractivity contribution is 5.90. The van der Waals surface area contributed by atoms with Gasteiger partial charge in [-0.25, -0.2) is 0 Å². The Morgan fingerprint density at radius 3 is 2.45 bits per heavy atom. The number of hydrogen-bond donors (Lipinski definition) is 1. The van der Waals surface area contributed by atoms with Gasteiger partial charge < -0.3 is 14.8 Å². The highest BCUT2D eigenvalue weighted by Gasteiger charge is 2.37. The number of carbonyl (C=O) groups excluding carboxylic acids is 2. The van der Waals surface area contributed by atoms with Crippen LogP contribution in [0.3, 0.4) is 0 Å². The highest BCUT2D eigenvalue weighted by atomic mass is 16.2. The van der Waals surface area contributed by atoms with Crippen LogP contribution in [0.15, 0.2) is 48.7 Å². The number of hydrogen-bond acceptors (Lipinski definition) is 2. The van der Waals surface area contributed by atoms with Crippen LogP contribution in [0, 0.1) is 0 Å². The number of rotatable bonds is 5. The third-order valence-electron chi connectivity index (χ3n) is 6.27. The molecular formula is C24H31N3O2. The molecule has 29 heavy (non-hydrogen) atoms. The zero-order chi connectivity index (χ0) is 20.1. The van der Waals surface area contributed by atoms with E-state index in [1.807, 2.05) is 41.1 Å². The third kappa shape index (κ3) is 4.72. The first-order chi connectivity index (χ1) is 14.2. The Morgan fingerprint density at radius 2 is 1.69 bits per heavy atom. The van der Waals surface area contributed by atoms with Crippen LogP contribution >= 0.6 is 0 Å². The number of nitrogens with zero attached hydrogens (tertiary/aromatic N) is 2. The van der Waals surface area contributed by atoms with Crippen LogP contribution in [-0.4, -0.2) is 33.9 Å². The number of benzene rings is 1. The Morgan fingerprint density at radius 1 is 0.966 bits per heavy atom. The monoisotopic (exact) mass is 393 g/mol. The van der Waals surface area contributed by atoms with Gasteiger partial charge in [-0.1, -0.05) is 62.4 Å². The van der Waals surface area contributed by atoms with Crippen LogP contribution in [0.5, 0.6) is 0 Å². The van der Waals surface area contributed by atoms with Gasteiger partial charge in [0, 0.05) is 18.8 Å². The molecule has 2 aromatic rings. The van der Waals surface area contributed by atoms with Crippen molar-refractivity contribution >= 4 is 11.8 Å². The summed E-state index contributed by atoms with van der Waals surface area (Å²) in [5.74, 6) is -0.0147. The molecule has 0 unspecified atom stereocenters. The first-order valence-electron chi connectivity index (χ1n) is 11.0. The molecule has 1 aliphatic carbocycles. The minimum Gasteiger partial charge on any atom is -0.351 e. The molecule has 4 rings (SSSR count). The molecule has 1 saturated carbocycles. The molecule has 1 atom stereocenters. The molecule has 2 aliphatic rings. The summed E-state index contributed by atoms with van der Waals surface area (Å²) in [6.07, 6.45) is 10.9. The Balaban J connectivity index is 1.51. The summed E-state index contributed by atoms with van der Waals surface area (Å²) >= 11 is 0. The van der Waals surface area contributed by atoms with Crippen molar-refractivity contribution in [2.24, 2.45) is 0 Å². The van der Waals surface area contributed by atoms with Crippen molar-refractivity contribution in [3.8, 4) is 0 Å². The van der Waals surface area contributed by atoms with E-state index in [-0.39, 0.29) is 17.9 Å². The van der Waals surface area contributed by atoms with E-state index in [4.69, 9.17) is 0 Å². The zero-order valence-corrected chi connectivity index (χ0v) is 17.1. The van der Waals surface area contributed by atoms with Crippen LogP contribution in [-0.2, 0) is 22.6 Å². The summed E-state index contributed by atoms with van der Waals surface area (Å²) in [6.45, 7) is 0.862. The van der Waals surface area contributed by atoms with E-state index < -0.39 is 6.04 Å². The summed E-state index contributed by atoms with van der Waals surface area (Å²) in [4.78, 5) is 28.1. The Kier molecular flexibility index (Phi) is 6.33. The molecule has 1 aromatic heterocycles. The Hall–Kier alpha value is -2.56. The van der Waals surface area contributed by atoms with Gasteiger partial charge in [-0.05, 0) is 37.0 Å². The summed E-state index contributed by atoms with van der Waals surface area (Å²) in [5, 5.41) is 3.29. The van der Waals surface area contributed by atoms with Crippen molar-refractivity contribution in [2.75, 3.05) is 6.54 Å². The topological polar surface area (TPSA) is 54.3 Å². The van der Waals surface area contributed by atoms with E-state index in [0.717, 1.165) is 25.0 Å². The SMILES string of the molecule is O=C(NC1CCCCCCC1)[C@@H]1c2cccn2CC(=O)N1CCc1ccccc1. The molecule has 0 bridgehead atoms. The normalized spacial score (nSPS) is 20.6. The van der Waals surface area contributed by atoms with Gasteiger partial charge in [0.15, 0.2) is 6.04 Å². The van der Waals surface area contributed by atoms with Gasteiger partial charge in [0.1, 0.15) is 6.54 Å². The molecular weight excluding hydrogens is 362 g/mol. The lowest BCUT2D eigenvalue weighted by atomic mass is 9.96. The molecule has 0 saturated heterocycles.